The van der Waals surface area contributed by atoms with Crippen molar-refractivity contribution in [3.63, 3.8) is 0 Å². The summed E-state index contributed by atoms with van der Waals surface area (Å²) in [6, 6.07) is 15.2. The van der Waals surface area contributed by atoms with E-state index < -0.39 is 21.5 Å². The van der Waals surface area contributed by atoms with Crippen LogP contribution in [0.3, 0.4) is 0 Å². The number of benzene rings is 3. The molecular weight excluding hydrogens is 484 g/mol. The number of amides is 1. The van der Waals surface area contributed by atoms with E-state index >= 15 is 0 Å². The van der Waals surface area contributed by atoms with Crippen molar-refractivity contribution in [1.82, 2.24) is 9.55 Å². The van der Waals surface area contributed by atoms with Gasteiger partial charge in [-0.15, -0.1) is 0 Å². The fourth-order valence-corrected chi connectivity index (χ4v) is 5.01. The largest absolute Gasteiger partial charge is 0.326 e. The quantitative estimate of drug-likeness (QED) is 0.341. The zero-order valence-electron chi connectivity index (χ0n) is 20.3. The lowest BCUT2D eigenvalue weighted by Crippen LogP contribution is -2.14. The zero-order valence-corrected chi connectivity index (χ0v) is 21.1. The molecule has 1 N–H and O–H groups in total. The van der Waals surface area contributed by atoms with E-state index in [1.165, 1.54) is 24.3 Å². The maximum Gasteiger partial charge on any atom is 0.228 e. The number of nitrogens with one attached hydrogen (secondary N) is 1. The van der Waals surface area contributed by atoms with Gasteiger partial charge in [-0.25, -0.2) is 22.2 Å². The van der Waals surface area contributed by atoms with Gasteiger partial charge in [-0.05, 0) is 61.4 Å². The predicted molar refractivity (Wildman–Crippen MR) is 136 cm³/mol. The third-order valence-corrected chi connectivity index (χ3v) is 7.70. The Morgan fingerprint density at radius 3 is 2.39 bits per heavy atom. The molecule has 4 aromatic rings. The number of nitrogens with zero attached hydrogens (tertiary/aromatic N) is 2. The molecule has 1 heterocycles. The lowest BCUT2D eigenvalue weighted by atomic mass is 10.1. The van der Waals surface area contributed by atoms with Crippen LogP contribution in [0.4, 0.5) is 14.5 Å². The molecule has 0 saturated heterocycles. The van der Waals surface area contributed by atoms with Gasteiger partial charge in [0.1, 0.15) is 17.5 Å². The Morgan fingerprint density at radius 2 is 1.75 bits per heavy atom. The maximum absolute atomic E-state index is 14.3. The highest BCUT2D eigenvalue weighted by Gasteiger charge is 2.17. The second kappa shape index (κ2) is 10.2. The number of carbonyl (C=O) groups is 1. The Labute approximate surface area is 208 Å². The van der Waals surface area contributed by atoms with Crippen molar-refractivity contribution >= 4 is 32.5 Å². The summed E-state index contributed by atoms with van der Waals surface area (Å²) in [5.41, 5.74) is 3.11. The second-order valence-electron chi connectivity index (χ2n) is 8.88. The summed E-state index contributed by atoms with van der Waals surface area (Å²) >= 11 is 0. The number of sulfone groups is 1. The summed E-state index contributed by atoms with van der Waals surface area (Å²) in [5.74, 6) is -0.842. The monoisotopic (exact) mass is 511 g/mol. The molecule has 1 aromatic heterocycles. The molecule has 0 aliphatic heterocycles. The lowest BCUT2D eigenvalue weighted by molar-refractivity contribution is -0.115. The molecule has 6 nitrogen and oxygen atoms in total. The summed E-state index contributed by atoms with van der Waals surface area (Å²) < 4.78 is 53.5. The molecule has 0 bridgehead atoms. The van der Waals surface area contributed by atoms with E-state index in [-0.39, 0.29) is 35.4 Å². The van der Waals surface area contributed by atoms with Crippen molar-refractivity contribution in [2.75, 3.05) is 11.1 Å². The van der Waals surface area contributed by atoms with Crippen molar-refractivity contribution in [1.29, 1.82) is 0 Å². The highest BCUT2D eigenvalue weighted by Crippen LogP contribution is 2.26. The van der Waals surface area contributed by atoms with Gasteiger partial charge in [0.15, 0.2) is 9.84 Å². The first-order chi connectivity index (χ1) is 17.1. The Kier molecular flexibility index (Phi) is 7.21. The standard InChI is InChI=1S/C27H27F2N3O3S/c1-4-36(34,35)22-10-5-18(6-11-22)13-27(33)30-21-9-12-24-25(16-21)32(17(2)3)26(31-24)14-19-7-8-20(28)15-23(19)29/h5-12,15-17H,4,13-14H2,1-3H3,(H,30,33). The van der Waals surface area contributed by atoms with E-state index in [4.69, 9.17) is 0 Å². The van der Waals surface area contributed by atoms with Crippen LogP contribution in [0.15, 0.2) is 65.6 Å². The van der Waals surface area contributed by atoms with Crippen LogP contribution in [-0.4, -0.2) is 29.6 Å². The Morgan fingerprint density at radius 1 is 1.03 bits per heavy atom. The SMILES string of the molecule is CCS(=O)(=O)c1ccc(CC(=O)Nc2ccc3nc(Cc4ccc(F)cc4F)n(C(C)C)c3c2)cc1. The van der Waals surface area contributed by atoms with Crippen LogP contribution in [0.1, 0.15) is 43.8 Å². The number of carbonyl (C=O) groups excluding carboxylic acids is 1. The number of hydrogen-bond acceptors (Lipinski definition) is 4. The van der Waals surface area contributed by atoms with Crippen LogP contribution in [0, 0.1) is 11.6 Å². The number of rotatable bonds is 8. The highest BCUT2D eigenvalue weighted by atomic mass is 32.2. The van der Waals surface area contributed by atoms with E-state index in [9.17, 15) is 22.0 Å². The third-order valence-electron chi connectivity index (χ3n) is 5.95. The Hall–Kier alpha value is -3.59. The molecule has 0 saturated carbocycles. The predicted octanol–water partition coefficient (Wildman–Crippen LogP) is 5.46. The lowest BCUT2D eigenvalue weighted by Gasteiger charge is -2.14. The maximum atomic E-state index is 14.3. The Balaban J connectivity index is 1.55. The van der Waals surface area contributed by atoms with E-state index in [0.29, 0.717) is 28.2 Å². The molecule has 0 spiro atoms. The highest BCUT2D eigenvalue weighted by molar-refractivity contribution is 7.91. The van der Waals surface area contributed by atoms with Crippen molar-refractivity contribution in [3.05, 3.63) is 89.2 Å². The van der Waals surface area contributed by atoms with Gasteiger partial charge < -0.3 is 9.88 Å². The van der Waals surface area contributed by atoms with Gasteiger partial charge in [0.25, 0.3) is 0 Å². The summed E-state index contributed by atoms with van der Waals surface area (Å²) in [7, 11) is -3.29. The average Bonchev–Trinajstić information content (AvgIpc) is 3.18. The van der Waals surface area contributed by atoms with Crippen molar-refractivity contribution in [3.8, 4) is 0 Å². The fourth-order valence-electron chi connectivity index (χ4n) is 4.13. The molecule has 0 aliphatic carbocycles. The smallest absolute Gasteiger partial charge is 0.228 e. The summed E-state index contributed by atoms with van der Waals surface area (Å²) in [4.78, 5) is 17.6. The molecule has 3 aromatic carbocycles. The number of aromatic nitrogens is 2. The number of imidazole rings is 1. The van der Waals surface area contributed by atoms with E-state index in [2.05, 4.69) is 10.3 Å². The second-order valence-corrected chi connectivity index (χ2v) is 11.2. The molecule has 0 aliphatic rings. The summed E-state index contributed by atoms with van der Waals surface area (Å²) in [6.45, 7) is 5.56. The molecular formula is C27H27F2N3O3S. The third kappa shape index (κ3) is 5.46. The minimum absolute atomic E-state index is 0.0115. The summed E-state index contributed by atoms with van der Waals surface area (Å²) in [6.07, 6.45) is 0.285. The topological polar surface area (TPSA) is 81.1 Å². The van der Waals surface area contributed by atoms with Crippen LogP contribution >= 0.6 is 0 Å². The summed E-state index contributed by atoms with van der Waals surface area (Å²) in [5, 5.41) is 2.88. The molecule has 36 heavy (non-hydrogen) atoms. The van der Waals surface area contributed by atoms with Crippen LogP contribution < -0.4 is 5.32 Å². The minimum Gasteiger partial charge on any atom is -0.326 e. The average molecular weight is 512 g/mol. The first kappa shape index (κ1) is 25.5. The molecule has 1 amide bonds. The molecule has 0 radical (unpaired) electrons. The normalized spacial score (nSPS) is 11.8. The van der Waals surface area contributed by atoms with Gasteiger partial charge in [-0.3, -0.25) is 4.79 Å². The number of fused-ring (bicyclic) bond motifs is 1. The molecule has 4 rings (SSSR count). The van der Waals surface area contributed by atoms with Crippen LogP contribution in [-0.2, 0) is 27.5 Å². The minimum atomic E-state index is -3.29. The first-order valence-electron chi connectivity index (χ1n) is 11.6. The number of hydrogen-bond donors (Lipinski definition) is 1. The van der Waals surface area contributed by atoms with Gasteiger partial charge in [0.2, 0.25) is 5.91 Å². The van der Waals surface area contributed by atoms with Crippen LogP contribution in [0.5, 0.6) is 0 Å². The molecule has 0 unspecified atom stereocenters. The molecule has 0 fully saturated rings. The number of halogens is 2. The van der Waals surface area contributed by atoms with Gasteiger partial charge in [-0.1, -0.05) is 25.1 Å². The van der Waals surface area contributed by atoms with E-state index in [1.807, 2.05) is 24.5 Å². The molecule has 9 heteroatoms. The van der Waals surface area contributed by atoms with Gasteiger partial charge in [0, 0.05) is 24.2 Å². The first-order valence-corrected chi connectivity index (χ1v) is 13.3. The number of anilines is 1. The van der Waals surface area contributed by atoms with E-state index in [0.717, 1.165) is 11.6 Å². The van der Waals surface area contributed by atoms with Crippen LogP contribution in [0.2, 0.25) is 0 Å². The van der Waals surface area contributed by atoms with Gasteiger partial charge in [-0.2, -0.15) is 0 Å². The van der Waals surface area contributed by atoms with Crippen molar-refractivity contribution in [2.24, 2.45) is 0 Å². The molecule has 0 atom stereocenters. The fraction of sp³-hybridized carbons (Fsp3) is 0.259. The molecule has 188 valence electrons. The zero-order chi connectivity index (χ0) is 26.0. The van der Waals surface area contributed by atoms with Gasteiger partial charge >= 0.3 is 0 Å². The Bertz CT molecular complexity index is 1530. The van der Waals surface area contributed by atoms with E-state index in [1.54, 1.807) is 31.2 Å². The van der Waals surface area contributed by atoms with Gasteiger partial charge in [0.05, 0.1) is 28.1 Å². The van der Waals surface area contributed by atoms with Crippen LogP contribution in [0.25, 0.3) is 11.0 Å². The van der Waals surface area contributed by atoms with Crippen molar-refractivity contribution < 1.29 is 22.0 Å². The van der Waals surface area contributed by atoms with Crippen molar-refractivity contribution in [2.45, 2.75) is 44.6 Å².